The van der Waals surface area contributed by atoms with E-state index in [4.69, 9.17) is 4.74 Å². The summed E-state index contributed by atoms with van der Waals surface area (Å²) >= 11 is 0. The van der Waals surface area contributed by atoms with Crippen molar-refractivity contribution in [2.75, 3.05) is 7.11 Å². The number of nitrogens with one attached hydrogen (secondary N) is 1. The Hall–Kier alpha value is -2.62. The fourth-order valence-electron chi connectivity index (χ4n) is 2.23. The van der Waals surface area contributed by atoms with Crippen molar-refractivity contribution in [3.8, 4) is 5.75 Å². The summed E-state index contributed by atoms with van der Waals surface area (Å²) in [7, 11) is 1.65. The van der Waals surface area contributed by atoms with Crippen LogP contribution in [0.5, 0.6) is 5.75 Å². The molecule has 0 aliphatic heterocycles. The van der Waals surface area contributed by atoms with Crippen LogP contribution in [-0.2, 0) is 0 Å². The van der Waals surface area contributed by atoms with Crippen molar-refractivity contribution >= 4 is 12.1 Å². The molecule has 0 bridgehead atoms. The predicted octanol–water partition coefficient (Wildman–Crippen LogP) is 3.38. The van der Waals surface area contributed by atoms with Crippen LogP contribution in [-0.4, -0.2) is 19.2 Å². The topological polar surface area (TPSA) is 50.7 Å². The first-order chi connectivity index (χ1) is 10.5. The molecule has 4 heteroatoms. The molecule has 2 aromatic rings. The van der Waals surface area contributed by atoms with Gasteiger partial charge in [0, 0.05) is 5.56 Å². The molecule has 4 nitrogen and oxygen atoms in total. The predicted molar refractivity (Wildman–Crippen MR) is 88.7 cm³/mol. The van der Waals surface area contributed by atoms with Crippen molar-refractivity contribution < 1.29 is 9.53 Å². The average molecular weight is 296 g/mol. The largest absolute Gasteiger partial charge is 0.496 e. The van der Waals surface area contributed by atoms with Crippen LogP contribution in [0.1, 0.15) is 32.6 Å². The third-order valence-electron chi connectivity index (χ3n) is 3.76. The molecular weight excluding hydrogens is 276 g/mol. The first kappa shape index (κ1) is 15.8. The first-order valence-electron chi connectivity index (χ1n) is 7.08. The van der Waals surface area contributed by atoms with Gasteiger partial charge in [-0.3, -0.25) is 4.79 Å². The fourth-order valence-corrected chi connectivity index (χ4v) is 2.23. The number of carbonyl (C=O) groups is 1. The SMILES string of the molecule is COc1ccc(/C=N/NC(=O)c2ccccc2C)c(C)c1C. The van der Waals surface area contributed by atoms with E-state index in [9.17, 15) is 4.79 Å². The Balaban J connectivity index is 2.12. The molecule has 0 fully saturated rings. The molecule has 1 N–H and O–H groups in total. The summed E-state index contributed by atoms with van der Waals surface area (Å²) in [4.78, 5) is 12.1. The van der Waals surface area contributed by atoms with E-state index in [1.807, 2.05) is 51.1 Å². The van der Waals surface area contributed by atoms with E-state index in [0.717, 1.165) is 28.0 Å². The average Bonchev–Trinajstić information content (AvgIpc) is 2.52. The van der Waals surface area contributed by atoms with Gasteiger partial charge >= 0.3 is 0 Å². The van der Waals surface area contributed by atoms with Gasteiger partial charge < -0.3 is 4.74 Å². The summed E-state index contributed by atoms with van der Waals surface area (Å²) in [5, 5.41) is 4.05. The van der Waals surface area contributed by atoms with Crippen LogP contribution in [0.3, 0.4) is 0 Å². The summed E-state index contributed by atoms with van der Waals surface area (Å²) in [6, 6.07) is 11.2. The summed E-state index contributed by atoms with van der Waals surface area (Å²) in [5.41, 5.74) is 7.20. The molecule has 0 saturated heterocycles. The molecule has 0 unspecified atom stereocenters. The number of hydrogen-bond acceptors (Lipinski definition) is 3. The van der Waals surface area contributed by atoms with Gasteiger partial charge in [-0.15, -0.1) is 0 Å². The Bertz CT molecular complexity index is 721. The van der Waals surface area contributed by atoms with Crippen LogP contribution >= 0.6 is 0 Å². The maximum Gasteiger partial charge on any atom is 0.271 e. The fraction of sp³-hybridized carbons (Fsp3) is 0.222. The van der Waals surface area contributed by atoms with Crippen LogP contribution in [0.4, 0.5) is 0 Å². The summed E-state index contributed by atoms with van der Waals surface area (Å²) in [5.74, 6) is 0.635. The molecule has 2 aromatic carbocycles. The highest BCUT2D eigenvalue weighted by atomic mass is 16.5. The first-order valence-corrected chi connectivity index (χ1v) is 7.08. The quantitative estimate of drug-likeness (QED) is 0.694. The molecule has 0 atom stereocenters. The lowest BCUT2D eigenvalue weighted by atomic mass is 10.0. The number of methoxy groups -OCH3 is 1. The number of rotatable bonds is 4. The van der Waals surface area contributed by atoms with Gasteiger partial charge in [0.25, 0.3) is 5.91 Å². The van der Waals surface area contributed by atoms with Crippen molar-refractivity contribution in [3.05, 3.63) is 64.2 Å². The number of carbonyl (C=O) groups excluding carboxylic acids is 1. The van der Waals surface area contributed by atoms with E-state index in [2.05, 4.69) is 10.5 Å². The zero-order valence-electron chi connectivity index (χ0n) is 13.3. The van der Waals surface area contributed by atoms with Crippen LogP contribution in [0.2, 0.25) is 0 Å². The smallest absolute Gasteiger partial charge is 0.271 e. The highest BCUT2D eigenvalue weighted by Gasteiger charge is 2.07. The molecule has 2 rings (SSSR count). The second kappa shape index (κ2) is 6.89. The molecule has 0 radical (unpaired) electrons. The highest BCUT2D eigenvalue weighted by molar-refractivity contribution is 5.96. The molecule has 0 heterocycles. The van der Waals surface area contributed by atoms with E-state index >= 15 is 0 Å². The number of amides is 1. The summed E-state index contributed by atoms with van der Waals surface area (Å²) < 4.78 is 5.28. The van der Waals surface area contributed by atoms with E-state index in [-0.39, 0.29) is 5.91 Å². The lowest BCUT2D eigenvalue weighted by Crippen LogP contribution is -2.18. The summed E-state index contributed by atoms with van der Waals surface area (Å²) in [6.45, 7) is 5.90. The zero-order valence-corrected chi connectivity index (χ0v) is 13.3. The Morgan fingerprint density at radius 1 is 1.09 bits per heavy atom. The van der Waals surface area contributed by atoms with Crippen molar-refractivity contribution in [1.82, 2.24) is 5.43 Å². The van der Waals surface area contributed by atoms with E-state index in [0.29, 0.717) is 5.56 Å². The molecule has 0 saturated carbocycles. The number of nitrogens with zero attached hydrogens (tertiary/aromatic N) is 1. The van der Waals surface area contributed by atoms with Gasteiger partial charge in [0.1, 0.15) is 5.75 Å². The number of hydrogen-bond donors (Lipinski definition) is 1. The van der Waals surface area contributed by atoms with Crippen LogP contribution in [0, 0.1) is 20.8 Å². The van der Waals surface area contributed by atoms with Gasteiger partial charge in [0.2, 0.25) is 0 Å². The lowest BCUT2D eigenvalue weighted by molar-refractivity contribution is 0.0954. The molecule has 0 spiro atoms. The molecular formula is C18H20N2O2. The van der Waals surface area contributed by atoms with Crippen LogP contribution in [0.25, 0.3) is 0 Å². The Morgan fingerprint density at radius 2 is 1.82 bits per heavy atom. The van der Waals surface area contributed by atoms with Crippen molar-refractivity contribution in [2.24, 2.45) is 5.10 Å². The Morgan fingerprint density at radius 3 is 2.50 bits per heavy atom. The van der Waals surface area contributed by atoms with E-state index in [1.54, 1.807) is 19.4 Å². The van der Waals surface area contributed by atoms with Gasteiger partial charge in [0.05, 0.1) is 13.3 Å². The molecule has 114 valence electrons. The van der Waals surface area contributed by atoms with Crippen molar-refractivity contribution in [1.29, 1.82) is 0 Å². The maximum atomic E-state index is 12.1. The molecule has 22 heavy (non-hydrogen) atoms. The summed E-state index contributed by atoms with van der Waals surface area (Å²) in [6.07, 6.45) is 1.65. The van der Waals surface area contributed by atoms with Gasteiger partial charge in [-0.05, 0) is 61.2 Å². The number of hydrazone groups is 1. The van der Waals surface area contributed by atoms with Gasteiger partial charge in [-0.2, -0.15) is 5.10 Å². The zero-order chi connectivity index (χ0) is 16.1. The third-order valence-corrected chi connectivity index (χ3v) is 3.76. The minimum absolute atomic E-state index is 0.211. The maximum absolute atomic E-state index is 12.1. The standard InChI is InChI=1S/C18H20N2O2/c1-12-7-5-6-8-16(12)18(21)20-19-11-15-9-10-17(22-4)14(3)13(15)2/h5-11H,1-4H3,(H,20,21)/b19-11+. The van der Waals surface area contributed by atoms with Crippen molar-refractivity contribution in [3.63, 3.8) is 0 Å². The second-order valence-electron chi connectivity index (χ2n) is 5.12. The molecule has 0 aromatic heterocycles. The van der Waals surface area contributed by atoms with Gasteiger partial charge in [-0.25, -0.2) is 5.43 Å². The van der Waals surface area contributed by atoms with E-state index < -0.39 is 0 Å². The number of aryl methyl sites for hydroxylation is 1. The Kier molecular flexibility index (Phi) is 4.94. The molecule has 1 amide bonds. The molecule has 0 aliphatic rings. The number of ether oxygens (including phenoxy) is 1. The normalized spacial score (nSPS) is 10.7. The van der Waals surface area contributed by atoms with E-state index in [1.165, 1.54) is 0 Å². The lowest BCUT2D eigenvalue weighted by Gasteiger charge is -2.09. The molecule has 0 aliphatic carbocycles. The highest BCUT2D eigenvalue weighted by Crippen LogP contribution is 2.22. The van der Waals surface area contributed by atoms with Crippen molar-refractivity contribution in [2.45, 2.75) is 20.8 Å². The minimum atomic E-state index is -0.211. The number of benzene rings is 2. The van der Waals surface area contributed by atoms with Gasteiger partial charge in [0.15, 0.2) is 0 Å². The van der Waals surface area contributed by atoms with Gasteiger partial charge in [-0.1, -0.05) is 18.2 Å². The third kappa shape index (κ3) is 3.34. The Labute approximate surface area is 130 Å². The minimum Gasteiger partial charge on any atom is -0.496 e. The van der Waals surface area contributed by atoms with Crippen LogP contribution < -0.4 is 10.2 Å². The monoisotopic (exact) mass is 296 g/mol. The van der Waals surface area contributed by atoms with Crippen LogP contribution in [0.15, 0.2) is 41.5 Å². The second-order valence-corrected chi connectivity index (χ2v) is 5.12.